The van der Waals surface area contributed by atoms with E-state index in [0.29, 0.717) is 0 Å². The third kappa shape index (κ3) is 4.79. The number of nitrogens with zero attached hydrogens (tertiary/aromatic N) is 2. The number of hydrogen-bond acceptors (Lipinski definition) is 5. The molecule has 2 aromatic carbocycles. The van der Waals surface area contributed by atoms with Crippen LogP contribution in [0.15, 0.2) is 53.4 Å². The molecule has 1 fully saturated rings. The molecule has 8 nitrogen and oxygen atoms in total. The molecule has 1 unspecified atom stereocenters. The van der Waals surface area contributed by atoms with E-state index in [2.05, 4.69) is 5.32 Å². The van der Waals surface area contributed by atoms with Crippen LogP contribution < -0.4 is 9.62 Å². The normalized spacial score (nSPS) is 16.9. The van der Waals surface area contributed by atoms with E-state index >= 15 is 0 Å². The first kappa shape index (κ1) is 23.3. The highest BCUT2D eigenvalue weighted by Crippen LogP contribution is 2.33. The van der Waals surface area contributed by atoms with Gasteiger partial charge in [-0.05, 0) is 44.2 Å². The molecule has 1 heterocycles. The van der Waals surface area contributed by atoms with Crippen molar-refractivity contribution >= 4 is 50.9 Å². The van der Waals surface area contributed by atoms with Crippen LogP contribution in [0.3, 0.4) is 0 Å². The highest BCUT2D eigenvalue weighted by Gasteiger charge is 2.45. The summed E-state index contributed by atoms with van der Waals surface area (Å²) in [4.78, 5) is 25.4. The molecule has 2 N–H and O–H groups in total. The Morgan fingerprint density at radius 2 is 1.77 bits per heavy atom. The van der Waals surface area contributed by atoms with Crippen LogP contribution >= 0.6 is 23.2 Å². The van der Waals surface area contributed by atoms with Gasteiger partial charge in [0, 0.05) is 5.02 Å². The van der Waals surface area contributed by atoms with E-state index in [1.807, 2.05) is 0 Å². The molecule has 0 bridgehead atoms. The second-order valence-corrected chi connectivity index (χ2v) is 10.3. The maximum atomic E-state index is 13.4. The molecule has 1 atom stereocenters. The third-order valence-electron chi connectivity index (χ3n) is 4.72. The van der Waals surface area contributed by atoms with Crippen molar-refractivity contribution in [1.29, 1.82) is 0 Å². The molecule has 11 heteroatoms. The van der Waals surface area contributed by atoms with Crippen LogP contribution in [0.5, 0.6) is 0 Å². The van der Waals surface area contributed by atoms with Crippen molar-refractivity contribution in [2.45, 2.75) is 30.4 Å². The summed E-state index contributed by atoms with van der Waals surface area (Å²) in [5.74, 6) is -0.519. The minimum absolute atomic E-state index is 0.0191. The van der Waals surface area contributed by atoms with Gasteiger partial charge in [-0.2, -0.15) is 0 Å². The fourth-order valence-electron chi connectivity index (χ4n) is 3.17. The summed E-state index contributed by atoms with van der Waals surface area (Å²) in [7, 11) is -4.15. The summed E-state index contributed by atoms with van der Waals surface area (Å²) in [6.45, 7) is 2.22. The lowest BCUT2D eigenvalue weighted by Gasteiger charge is -2.29. The summed E-state index contributed by atoms with van der Waals surface area (Å²) in [5, 5.41) is 13.5. The van der Waals surface area contributed by atoms with Crippen LogP contribution in [-0.2, 0) is 14.8 Å². The van der Waals surface area contributed by atoms with Gasteiger partial charge in [-0.25, -0.2) is 13.2 Å². The highest BCUT2D eigenvalue weighted by atomic mass is 35.5. The van der Waals surface area contributed by atoms with Crippen LogP contribution in [0.25, 0.3) is 0 Å². The predicted octanol–water partition coefficient (Wildman–Crippen LogP) is 2.88. The Kier molecular flexibility index (Phi) is 6.52. The van der Waals surface area contributed by atoms with Crippen molar-refractivity contribution in [2.75, 3.05) is 17.4 Å². The average Bonchev–Trinajstić information content (AvgIpc) is 2.90. The lowest BCUT2D eigenvalue weighted by Crippen LogP contribution is -2.45. The van der Waals surface area contributed by atoms with Gasteiger partial charge in [-0.3, -0.25) is 14.0 Å². The van der Waals surface area contributed by atoms with Gasteiger partial charge in [-0.15, -0.1) is 0 Å². The number of benzene rings is 2. The zero-order chi connectivity index (χ0) is 23.0. The second-order valence-electron chi connectivity index (χ2n) is 7.57. The molecular formula is C20H21Cl2N3O5S. The summed E-state index contributed by atoms with van der Waals surface area (Å²) < 4.78 is 27.6. The molecule has 0 radical (unpaired) electrons. The van der Waals surface area contributed by atoms with Crippen LogP contribution in [-0.4, -0.2) is 55.1 Å². The van der Waals surface area contributed by atoms with Gasteiger partial charge >= 0.3 is 6.03 Å². The highest BCUT2D eigenvalue weighted by molar-refractivity contribution is 7.92. The number of rotatable bonds is 7. The molecule has 0 aromatic heterocycles. The number of urea groups is 1. The van der Waals surface area contributed by atoms with E-state index in [1.54, 1.807) is 18.2 Å². The Hall–Kier alpha value is -2.33. The van der Waals surface area contributed by atoms with Crippen molar-refractivity contribution < 1.29 is 23.1 Å². The lowest BCUT2D eigenvalue weighted by molar-refractivity contribution is -0.131. The van der Waals surface area contributed by atoms with E-state index in [-0.39, 0.29) is 20.6 Å². The monoisotopic (exact) mass is 485 g/mol. The topological polar surface area (TPSA) is 107 Å². The first-order chi connectivity index (χ1) is 14.4. The fourth-order valence-corrected chi connectivity index (χ4v) is 5.14. The first-order valence-electron chi connectivity index (χ1n) is 9.28. The zero-order valence-corrected chi connectivity index (χ0v) is 19.1. The number of nitrogens with one attached hydrogen (secondary N) is 1. The number of halogens is 2. The lowest BCUT2D eigenvalue weighted by atomic mass is 10.1. The molecule has 0 spiro atoms. The summed E-state index contributed by atoms with van der Waals surface area (Å²) >= 11 is 12.3. The molecule has 0 aliphatic carbocycles. The molecule has 1 saturated heterocycles. The number of β-amino-alcohol motifs (C(OH)–C–C–N with tert-alkyl or cyclic N) is 1. The number of hydrogen-bond donors (Lipinski definition) is 2. The quantitative estimate of drug-likeness (QED) is 0.586. The Morgan fingerprint density at radius 3 is 2.35 bits per heavy atom. The van der Waals surface area contributed by atoms with Crippen molar-refractivity contribution in [3.05, 3.63) is 58.6 Å². The maximum Gasteiger partial charge on any atom is 0.325 e. The van der Waals surface area contributed by atoms with Gasteiger partial charge in [0.2, 0.25) is 0 Å². The molecule has 1 aliphatic heterocycles. The number of imide groups is 1. The van der Waals surface area contributed by atoms with Gasteiger partial charge in [0.15, 0.2) is 0 Å². The predicted molar refractivity (Wildman–Crippen MR) is 118 cm³/mol. The van der Waals surface area contributed by atoms with Crippen molar-refractivity contribution in [3.8, 4) is 0 Å². The molecular weight excluding hydrogens is 465 g/mol. The standard InChI is InChI=1S/C20H21Cl2N3O5S/c1-20(2)18(27)24(19(28)23-20)11-14(26)12-25(17-10-13(21)8-9-16(17)22)31(29,30)15-6-4-3-5-7-15/h3-10,14,26H,11-12H2,1-2H3,(H,23,28). The number of carbonyl (C=O) groups excluding carboxylic acids is 2. The Labute approximate surface area is 190 Å². The second kappa shape index (κ2) is 8.66. The van der Waals surface area contributed by atoms with E-state index in [0.717, 1.165) is 9.21 Å². The number of amides is 3. The minimum atomic E-state index is -4.15. The van der Waals surface area contributed by atoms with Crippen LogP contribution in [0, 0.1) is 0 Å². The number of anilines is 1. The van der Waals surface area contributed by atoms with Crippen LogP contribution in [0.2, 0.25) is 10.0 Å². The van der Waals surface area contributed by atoms with E-state index < -0.39 is 46.7 Å². The van der Waals surface area contributed by atoms with Crippen LogP contribution in [0.4, 0.5) is 10.5 Å². The van der Waals surface area contributed by atoms with Crippen molar-refractivity contribution in [2.24, 2.45) is 0 Å². The number of sulfonamides is 1. The van der Waals surface area contributed by atoms with E-state index in [4.69, 9.17) is 23.2 Å². The van der Waals surface area contributed by atoms with Gasteiger partial charge in [0.05, 0.1) is 34.8 Å². The zero-order valence-electron chi connectivity index (χ0n) is 16.7. The van der Waals surface area contributed by atoms with Gasteiger partial charge in [0.1, 0.15) is 5.54 Å². The summed E-state index contributed by atoms with van der Waals surface area (Å²) in [5.41, 5.74) is -1.04. The number of aliphatic hydroxyl groups is 1. The van der Waals surface area contributed by atoms with Gasteiger partial charge in [-0.1, -0.05) is 41.4 Å². The van der Waals surface area contributed by atoms with Gasteiger partial charge < -0.3 is 10.4 Å². The van der Waals surface area contributed by atoms with Gasteiger partial charge in [0.25, 0.3) is 15.9 Å². The Bertz CT molecular complexity index is 1110. The fraction of sp³-hybridized carbons (Fsp3) is 0.300. The SMILES string of the molecule is CC1(C)NC(=O)N(CC(O)CN(c2cc(Cl)ccc2Cl)S(=O)(=O)c2ccccc2)C1=O. The first-order valence-corrected chi connectivity index (χ1v) is 11.5. The molecule has 0 saturated carbocycles. The van der Waals surface area contributed by atoms with Crippen molar-refractivity contribution in [1.82, 2.24) is 10.2 Å². The number of aliphatic hydroxyl groups excluding tert-OH is 1. The summed E-state index contributed by atoms with van der Waals surface area (Å²) in [6.07, 6.45) is -1.39. The molecule has 2 aromatic rings. The Balaban J connectivity index is 1.95. The molecule has 3 amide bonds. The third-order valence-corrected chi connectivity index (χ3v) is 7.07. The Morgan fingerprint density at radius 1 is 1.13 bits per heavy atom. The molecule has 31 heavy (non-hydrogen) atoms. The molecule has 1 aliphatic rings. The van der Waals surface area contributed by atoms with Crippen LogP contribution in [0.1, 0.15) is 13.8 Å². The van der Waals surface area contributed by atoms with E-state index in [9.17, 15) is 23.1 Å². The minimum Gasteiger partial charge on any atom is -0.389 e. The molecule has 166 valence electrons. The smallest absolute Gasteiger partial charge is 0.325 e. The average molecular weight is 486 g/mol. The van der Waals surface area contributed by atoms with Crippen molar-refractivity contribution in [3.63, 3.8) is 0 Å². The largest absolute Gasteiger partial charge is 0.389 e. The summed E-state index contributed by atoms with van der Waals surface area (Å²) in [6, 6.07) is 11.3. The number of carbonyl (C=O) groups is 2. The molecule has 3 rings (SSSR count). The van der Waals surface area contributed by atoms with E-state index in [1.165, 1.54) is 44.2 Å². The maximum absolute atomic E-state index is 13.4.